The Hall–Kier alpha value is -2.08. The van der Waals surface area contributed by atoms with Gasteiger partial charge in [-0.1, -0.05) is 120 Å². The third-order valence-electron chi connectivity index (χ3n) is 6.97. The molecule has 152 valence electrons. The van der Waals surface area contributed by atoms with Crippen LogP contribution in [0.5, 0.6) is 0 Å². The molecule has 0 nitrogen and oxygen atoms in total. The maximum atomic E-state index is 2.56. The van der Waals surface area contributed by atoms with Gasteiger partial charge in [0.15, 0.2) is 0 Å². The molecule has 0 aromatic heterocycles. The van der Waals surface area contributed by atoms with E-state index in [9.17, 15) is 0 Å². The van der Waals surface area contributed by atoms with Gasteiger partial charge in [-0.25, -0.2) is 0 Å². The van der Waals surface area contributed by atoms with Crippen LogP contribution in [0.1, 0.15) is 78.1 Å². The molecule has 0 saturated heterocycles. The van der Waals surface area contributed by atoms with Gasteiger partial charge in [0.05, 0.1) is 0 Å². The molecule has 0 bridgehead atoms. The van der Waals surface area contributed by atoms with Gasteiger partial charge < -0.3 is 0 Å². The fraction of sp³-hybridized carbons (Fsp3) is 0.448. The number of hydrogen-bond acceptors (Lipinski definition) is 0. The summed E-state index contributed by atoms with van der Waals surface area (Å²) in [5.41, 5.74) is 3.30. The van der Waals surface area contributed by atoms with Gasteiger partial charge >= 0.3 is 0 Å². The normalized spacial score (nSPS) is 16.5. The van der Waals surface area contributed by atoms with Crippen LogP contribution < -0.4 is 10.4 Å². The Bertz CT molecular complexity index is 1020. The molecule has 0 heteroatoms. The largest absolute Gasteiger partial charge is 0.0739 e. The van der Waals surface area contributed by atoms with Crippen LogP contribution in [0.4, 0.5) is 0 Å². The number of unbranched alkanes of at least 4 members (excludes halogenated alkanes) is 6. The van der Waals surface area contributed by atoms with Crippen molar-refractivity contribution in [2.75, 3.05) is 0 Å². The quantitative estimate of drug-likeness (QED) is 0.380. The molecule has 29 heavy (non-hydrogen) atoms. The van der Waals surface area contributed by atoms with Gasteiger partial charge in [0.25, 0.3) is 0 Å². The first-order valence-electron chi connectivity index (χ1n) is 11.9. The highest BCUT2D eigenvalue weighted by Crippen LogP contribution is 2.47. The molecule has 0 unspecified atom stereocenters. The van der Waals surface area contributed by atoms with Gasteiger partial charge in [0.2, 0.25) is 0 Å². The molecule has 2 aromatic rings. The van der Waals surface area contributed by atoms with E-state index in [1.54, 1.807) is 5.57 Å². The van der Waals surface area contributed by atoms with Crippen molar-refractivity contribution in [3.63, 3.8) is 0 Å². The third kappa shape index (κ3) is 4.00. The second-order valence-corrected chi connectivity index (χ2v) is 9.03. The monoisotopic (exact) mass is 384 g/mol. The summed E-state index contributed by atoms with van der Waals surface area (Å²) in [6.45, 7) is 4.62. The van der Waals surface area contributed by atoms with Crippen molar-refractivity contribution in [1.29, 1.82) is 0 Å². The van der Waals surface area contributed by atoms with Crippen molar-refractivity contribution in [3.05, 3.63) is 70.6 Å². The van der Waals surface area contributed by atoms with Crippen molar-refractivity contribution in [3.8, 4) is 0 Å². The molecule has 2 aliphatic carbocycles. The molecule has 0 atom stereocenters. The number of rotatable bonds is 10. The first-order chi connectivity index (χ1) is 14.3. The Kier molecular flexibility index (Phi) is 6.38. The van der Waals surface area contributed by atoms with Crippen LogP contribution in [0.25, 0.3) is 22.4 Å². The van der Waals surface area contributed by atoms with Gasteiger partial charge in [-0.2, -0.15) is 0 Å². The maximum Gasteiger partial charge on any atom is 0.0147 e. The predicted molar refractivity (Wildman–Crippen MR) is 128 cm³/mol. The Morgan fingerprint density at radius 3 is 2.21 bits per heavy atom. The van der Waals surface area contributed by atoms with E-state index in [1.165, 1.54) is 91.0 Å². The van der Waals surface area contributed by atoms with Crippen LogP contribution >= 0.6 is 0 Å². The molecule has 0 amide bonds. The molecular weight excluding hydrogens is 348 g/mol. The molecule has 2 aliphatic rings. The van der Waals surface area contributed by atoms with Gasteiger partial charge in [0, 0.05) is 5.41 Å². The second-order valence-electron chi connectivity index (χ2n) is 9.03. The van der Waals surface area contributed by atoms with Crippen molar-refractivity contribution in [2.45, 2.75) is 78.1 Å². The zero-order valence-corrected chi connectivity index (χ0v) is 18.3. The third-order valence-corrected chi connectivity index (χ3v) is 6.97. The highest BCUT2D eigenvalue weighted by molar-refractivity contribution is 5.94. The van der Waals surface area contributed by atoms with Crippen molar-refractivity contribution >= 4 is 22.4 Å². The van der Waals surface area contributed by atoms with E-state index in [2.05, 4.69) is 74.5 Å². The molecule has 0 heterocycles. The lowest BCUT2D eigenvalue weighted by Crippen LogP contribution is -2.31. The van der Waals surface area contributed by atoms with Crippen molar-refractivity contribution in [2.24, 2.45) is 5.41 Å². The van der Waals surface area contributed by atoms with E-state index in [4.69, 9.17) is 0 Å². The molecular formula is C29H36. The topological polar surface area (TPSA) is 0 Å². The van der Waals surface area contributed by atoms with Crippen molar-refractivity contribution < 1.29 is 0 Å². The first kappa shape index (κ1) is 20.2. The van der Waals surface area contributed by atoms with Crippen LogP contribution in [-0.4, -0.2) is 0 Å². The molecule has 0 spiro atoms. The molecule has 0 radical (unpaired) electrons. The van der Waals surface area contributed by atoms with Gasteiger partial charge in [-0.05, 0) is 51.3 Å². The predicted octanol–water partition coefficient (Wildman–Crippen LogP) is 7.21. The lowest BCUT2D eigenvalue weighted by molar-refractivity contribution is 0.385. The summed E-state index contributed by atoms with van der Waals surface area (Å²) in [4.78, 5) is 0. The summed E-state index contributed by atoms with van der Waals surface area (Å²) in [6, 6.07) is 13.6. The summed E-state index contributed by atoms with van der Waals surface area (Å²) in [5.74, 6) is 0. The minimum Gasteiger partial charge on any atom is -0.0739 e. The van der Waals surface area contributed by atoms with E-state index in [1.807, 2.05) is 0 Å². The SMILES string of the molecule is CCCCCCC1(CCCCCC)C=CC=C2C=c3c(ccc4ccccc34)=C21. The smallest absolute Gasteiger partial charge is 0.0147 e. The van der Waals surface area contributed by atoms with Crippen LogP contribution in [0.15, 0.2) is 60.2 Å². The molecule has 0 fully saturated rings. The number of benzene rings is 2. The van der Waals surface area contributed by atoms with E-state index >= 15 is 0 Å². The van der Waals surface area contributed by atoms with Gasteiger partial charge in [-0.3, -0.25) is 0 Å². The highest BCUT2D eigenvalue weighted by Gasteiger charge is 2.35. The molecule has 0 aliphatic heterocycles. The molecule has 0 saturated carbocycles. The first-order valence-corrected chi connectivity index (χ1v) is 11.9. The van der Waals surface area contributed by atoms with Crippen LogP contribution in [0.2, 0.25) is 0 Å². The minimum atomic E-state index is 0.218. The maximum absolute atomic E-state index is 2.56. The highest BCUT2D eigenvalue weighted by atomic mass is 14.4. The summed E-state index contributed by atoms with van der Waals surface area (Å²) < 4.78 is 0. The lowest BCUT2D eigenvalue weighted by Gasteiger charge is -2.36. The van der Waals surface area contributed by atoms with E-state index < -0.39 is 0 Å². The summed E-state index contributed by atoms with van der Waals surface area (Å²) in [6.07, 6.45) is 23.1. The van der Waals surface area contributed by atoms with Gasteiger partial charge in [-0.15, -0.1) is 0 Å². The minimum absolute atomic E-state index is 0.218. The van der Waals surface area contributed by atoms with E-state index in [0.717, 1.165) is 0 Å². The fourth-order valence-corrected chi connectivity index (χ4v) is 5.43. The number of fused-ring (bicyclic) bond motifs is 4. The Morgan fingerprint density at radius 1 is 0.759 bits per heavy atom. The zero-order valence-electron chi connectivity index (χ0n) is 18.3. The fourth-order valence-electron chi connectivity index (χ4n) is 5.43. The Balaban J connectivity index is 1.78. The van der Waals surface area contributed by atoms with Crippen molar-refractivity contribution in [1.82, 2.24) is 0 Å². The Morgan fingerprint density at radius 2 is 1.48 bits per heavy atom. The van der Waals surface area contributed by atoms with E-state index in [0.29, 0.717) is 0 Å². The number of hydrogen-bond donors (Lipinski definition) is 0. The average Bonchev–Trinajstić information content (AvgIpc) is 3.15. The van der Waals surface area contributed by atoms with Gasteiger partial charge in [0.1, 0.15) is 0 Å². The van der Waals surface area contributed by atoms with Crippen LogP contribution in [-0.2, 0) is 0 Å². The molecule has 0 N–H and O–H groups in total. The van der Waals surface area contributed by atoms with Crippen LogP contribution in [0, 0.1) is 5.41 Å². The molecule has 2 aromatic carbocycles. The van der Waals surface area contributed by atoms with Crippen LogP contribution in [0.3, 0.4) is 0 Å². The van der Waals surface area contributed by atoms with E-state index in [-0.39, 0.29) is 5.41 Å². The molecule has 4 rings (SSSR count). The standard InChI is InChI=1S/C29H36/c1-3-5-7-11-19-29(20-12-8-6-4-2)21-13-15-24-22-27-25-16-10-9-14-23(25)17-18-26(27)28(24)29/h9-10,13-18,21-22H,3-8,11-12,19-20H2,1-2H3. The summed E-state index contributed by atoms with van der Waals surface area (Å²) >= 11 is 0. The average molecular weight is 385 g/mol. The zero-order chi connectivity index (χ0) is 20.1. The summed E-state index contributed by atoms with van der Waals surface area (Å²) in [5, 5.41) is 5.69. The number of allylic oxidation sites excluding steroid dienone is 4. The summed E-state index contributed by atoms with van der Waals surface area (Å²) in [7, 11) is 0. The lowest BCUT2D eigenvalue weighted by atomic mass is 9.68. The Labute approximate surface area is 176 Å². The second kappa shape index (κ2) is 9.16.